The third kappa shape index (κ3) is 2.95. The molecule has 3 nitrogen and oxygen atoms in total. The number of ether oxygens (including phenoxy) is 1. The maximum absolute atomic E-state index is 11.9. The van der Waals surface area contributed by atoms with Crippen LogP contribution in [0.1, 0.15) is 20.7 Å². The molecule has 0 aromatic heterocycles. The highest BCUT2D eigenvalue weighted by atomic mass is 35.5. The van der Waals surface area contributed by atoms with Gasteiger partial charge in [0.2, 0.25) is 0 Å². The summed E-state index contributed by atoms with van der Waals surface area (Å²) in [6.07, 6.45) is 0.592. The molecule has 0 N–H and O–H groups in total. The van der Waals surface area contributed by atoms with Gasteiger partial charge in [-0.15, -0.1) is 0 Å². The number of benzene rings is 2. The largest absolute Gasteiger partial charge is 0.421 e. The van der Waals surface area contributed by atoms with Crippen LogP contribution >= 0.6 is 23.2 Å². The van der Waals surface area contributed by atoms with Gasteiger partial charge in [-0.3, -0.25) is 4.79 Å². The summed E-state index contributed by atoms with van der Waals surface area (Å²) in [5.74, 6) is -0.508. The molecule has 0 aliphatic rings. The predicted octanol–water partition coefficient (Wildman–Crippen LogP) is 4.03. The monoisotopic (exact) mass is 294 g/mol. The van der Waals surface area contributed by atoms with Crippen molar-refractivity contribution in [2.24, 2.45) is 0 Å². The lowest BCUT2D eigenvalue weighted by Gasteiger charge is -2.08. The van der Waals surface area contributed by atoms with Crippen molar-refractivity contribution in [3.8, 4) is 5.75 Å². The van der Waals surface area contributed by atoms with E-state index in [4.69, 9.17) is 27.9 Å². The van der Waals surface area contributed by atoms with Crippen molar-refractivity contribution in [3.05, 3.63) is 63.6 Å². The Hall–Kier alpha value is -1.84. The van der Waals surface area contributed by atoms with Crippen LogP contribution in [0.4, 0.5) is 0 Å². The summed E-state index contributed by atoms with van der Waals surface area (Å²) < 4.78 is 5.14. The lowest BCUT2D eigenvalue weighted by Crippen LogP contribution is -2.09. The first-order valence-electron chi connectivity index (χ1n) is 5.34. The summed E-state index contributed by atoms with van der Waals surface area (Å²) in [4.78, 5) is 22.7. The van der Waals surface area contributed by atoms with Crippen molar-refractivity contribution < 1.29 is 14.3 Å². The van der Waals surface area contributed by atoms with Crippen molar-refractivity contribution in [2.45, 2.75) is 0 Å². The molecule has 0 amide bonds. The molecule has 0 bridgehead atoms. The normalized spacial score (nSPS) is 10.0. The number of rotatable bonds is 3. The van der Waals surface area contributed by atoms with Crippen molar-refractivity contribution >= 4 is 35.5 Å². The van der Waals surface area contributed by atoms with Crippen LogP contribution in [0.3, 0.4) is 0 Å². The van der Waals surface area contributed by atoms with Crippen molar-refractivity contribution in [3.63, 3.8) is 0 Å². The van der Waals surface area contributed by atoms with Gasteiger partial charge in [0, 0.05) is 5.56 Å². The standard InChI is InChI=1S/C14H8Cl2O3/c15-11-6-2-1-5-10(11)14(18)19-12-7-3-4-9(8-17)13(12)16/h1-8H. The number of halogens is 2. The van der Waals surface area contributed by atoms with Gasteiger partial charge in [0.15, 0.2) is 12.0 Å². The average Bonchev–Trinajstić information content (AvgIpc) is 2.41. The number of carbonyl (C=O) groups is 2. The summed E-state index contributed by atoms with van der Waals surface area (Å²) in [5, 5.41) is 0.382. The van der Waals surface area contributed by atoms with E-state index in [1.807, 2.05) is 0 Å². The SMILES string of the molecule is O=Cc1cccc(OC(=O)c2ccccc2Cl)c1Cl. The highest BCUT2D eigenvalue weighted by Crippen LogP contribution is 2.28. The van der Waals surface area contributed by atoms with Crippen LogP contribution in [0.25, 0.3) is 0 Å². The summed E-state index contributed by atoms with van der Waals surface area (Å²) in [7, 11) is 0. The quantitative estimate of drug-likeness (QED) is 0.488. The van der Waals surface area contributed by atoms with Crippen LogP contribution < -0.4 is 4.74 Å². The molecule has 0 saturated carbocycles. The van der Waals surface area contributed by atoms with E-state index in [1.54, 1.807) is 30.3 Å². The molecule has 0 saturated heterocycles. The van der Waals surface area contributed by atoms with E-state index in [0.717, 1.165) is 0 Å². The second-order valence-electron chi connectivity index (χ2n) is 3.65. The first-order chi connectivity index (χ1) is 9.13. The van der Waals surface area contributed by atoms with Gasteiger partial charge in [-0.1, -0.05) is 41.4 Å². The van der Waals surface area contributed by atoms with E-state index in [9.17, 15) is 9.59 Å². The van der Waals surface area contributed by atoms with Gasteiger partial charge >= 0.3 is 5.97 Å². The van der Waals surface area contributed by atoms with Crippen LogP contribution in [-0.2, 0) is 0 Å². The lowest BCUT2D eigenvalue weighted by atomic mass is 10.2. The maximum Gasteiger partial charge on any atom is 0.345 e. The second-order valence-corrected chi connectivity index (χ2v) is 4.43. The van der Waals surface area contributed by atoms with E-state index in [1.165, 1.54) is 12.1 Å². The highest BCUT2D eigenvalue weighted by molar-refractivity contribution is 6.35. The van der Waals surface area contributed by atoms with Gasteiger partial charge in [-0.2, -0.15) is 0 Å². The molecule has 2 aromatic carbocycles. The molecule has 2 rings (SSSR count). The van der Waals surface area contributed by atoms with Gasteiger partial charge in [0.05, 0.1) is 15.6 Å². The fraction of sp³-hybridized carbons (Fsp3) is 0. The smallest absolute Gasteiger partial charge is 0.345 e. The van der Waals surface area contributed by atoms with Gasteiger partial charge in [0.1, 0.15) is 0 Å². The molecule has 0 aliphatic heterocycles. The topological polar surface area (TPSA) is 43.4 Å². The summed E-state index contributed by atoms with van der Waals surface area (Å²) >= 11 is 11.8. The summed E-state index contributed by atoms with van der Waals surface area (Å²) in [6, 6.07) is 11.1. The Bertz CT molecular complexity index is 638. The van der Waals surface area contributed by atoms with Gasteiger partial charge in [-0.05, 0) is 24.3 Å². The first-order valence-corrected chi connectivity index (χ1v) is 6.09. The Morgan fingerprint density at radius 1 is 1.05 bits per heavy atom. The van der Waals surface area contributed by atoms with Crippen molar-refractivity contribution in [1.82, 2.24) is 0 Å². The number of aldehydes is 1. The highest BCUT2D eigenvalue weighted by Gasteiger charge is 2.15. The Balaban J connectivity index is 2.30. The molecular formula is C14H8Cl2O3. The number of esters is 1. The number of hydrogen-bond donors (Lipinski definition) is 0. The molecule has 0 spiro atoms. The predicted molar refractivity (Wildman–Crippen MR) is 73.3 cm³/mol. The Kier molecular flexibility index (Phi) is 4.20. The number of carbonyl (C=O) groups excluding carboxylic acids is 2. The molecule has 0 fully saturated rings. The molecule has 0 atom stereocenters. The fourth-order valence-corrected chi connectivity index (χ4v) is 1.90. The lowest BCUT2D eigenvalue weighted by molar-refractivity contribution is 0.0734. The van der Waals surface area contributed by atoms with Crippen LogP contribution in [0.2, 0.25) is 10.0 Å². The molecular weight excluding hydrogens is 287 g/mol. The Morgan fingerprint density at radius 3 is 2.47 bits per heavy atom. The Morgan fingerprint density at radius 2 is 1.79 bits per heavy atom. The van der Waals surface area contributed by atoms with E-state index in [-0.39, 0.29) is 26.9 Å². The molecule has 0 aliphatic carbocycles. The molecule has 96 valence electrons. The number of hydrogen-bond acceptors (Lipinski definition) is 3. The minimum absolute atomic E-state index is 0.0953. The first kappa shape index (κ1) is 13.6. The third-order valence-electron chi connectivity index (χ3n) is 2.42. The molecule has 5 heteroatoms. The van der Waals surface area contributed by atoms with Crippen LogP contribution in [0, 0.1) is 0 Å². The fourth-order valence-electron chi connectivity index (χ4n) is 1.48. The van der Waals surface area contributed by atoms with Crippen LogP contribution in [0.15, 0.2) is 42.5 Å². The van der Waals surface area contributed by atoms with Crippen LogP contribution in [-0.4, -0.2) is 12.3 Å². The zero-order valence-electron chi connectivity index (χ0n) is 9.60. The third-order valence-corrected chi connectivity index (χ3v) is 3.15. The van der Waals surface area contributed by atoms with Gasteiger partial charge < -0.3 is 4.74 Å². The van der Waals surface area contributed by atoms with Crippen molar-refractivity contribution in [1.29, 1.82) is 0 Å². The Labute approximate surface area is 119 Å². The average molecular weight is 295 g/mol. The van der Waals surface area contributed by atoms with E-state index in [0.29, 0.717) is 6.29 Å². The van der Waals surface area contributed by atoms with E-state index < -0.39 is 5.97 Å². The maximum atomic E-state index is 11.9. The van der Waals surface area contributed by atoms with E-state index in [2.05, 4.69) is 0 Å². The zero-order valence-corrected chi connectivity index (χ0v) is 11.1. The van der Waals surface area contributed by atoms with Crippen LogP contribution in [0.5, 0.6) is 5.75 Å². The minimum atomic E-state index is -0.629. The minimum Gasteiger partial charge on any atom is -0.421 e. The van der Waals surface area contributed by atoms with E-state index >= 15 is 0 Å². The summed E-state index contributed by atoms with van der Waals surface area (Å²) in [6.45, 7) is 0. The molecule has 2 aromatic rings. The molecule has 0 radical (unpaired) electrons. The van der Waals surface area contributed by atoms with Crippen molar-refractivity contribution in [2.75, 3.05) is 0 Å². The van der Waals surface area contributed by atoms with Gasteiger partial charge in [-0.25, -0.2) is 4.79 Å². The molecule has 0 heterocycles. The molecule has 19 heavy (non-hydrogen) atoms. The molecule has 0 unspecified atom stereocenters. The summed E-state index contributed by atoms with van der Waals surface area (Å²) in [5.41, 5.74) is 0.489. The second kappa shape index (κ2) is 5.87. The van der Waals surface area contributed by atoms with Gasteiger partial charge in [0.25, 0.3) is 0 Å². The zero-order chi connectivity index (χ0) is 13.8.